The SMILES string of the molecule is CCc1nc2ccc(/C=C3\SC(=Nc4cc(NC(=O)C5CCC5)ccc4Cl)NC3=O)cc2cc1C(=O)O. The van der Waals surface area contributed by atoms with Crippen molar-refractivity contribution in [1.82, 2.24) is 10.3 Å². The van der Waals surface area contributed by atoms with Gasteiger partial charge in [-0.3, -0.25) is 14.6 Å². The molecule has 37 heavy (non-hydrogen) atoms. The van der Waals surface area contributed by atoms with Gasteiger partial charge in [0.1, 0.15) is 0 Å². The topological polar surface area (TPSA) is 121 Å². The molecule has 2 amide bonds. The molecule has 3 N–H and O–H groups in total. The highest BCUT2D eigenvalue weighted by Gasteiger charge is 2.26. The number of thioether (sulfide) groups is 1. The summed E-state index contributed by atoms with van der Waals surface area (Å²) >= 11 is 7.49. The Morgan fingerprint density at radius 1 is 1.24 bits per heavy atom. The number of nitrogens with one attached hydrogen (secondary N) is 2. The van der Waals surface area contributed by atoms with Crippen LogP contribution in [0, 0.1) is 5.92 Å². The maximum atomic E-state index is 12.6. The highest BCUT2D eigenvalue weighted by molar-refractivity contribution is 8.18. The molecule has 0 atom stereocenters. The van der Waals surface area contributed by atoms with Crippen molar-refractivity contribution in [3.05, 3.63) is 69.2 Å². The molecule has 1 aromatic heterocycles. The number of aryl methyl sites for hydroxylation is 1. The lowest BCUT2D eigenvalue weighted by molar-refractivity contribution is -0.122. The molecule has 8 nitrogen and oxygen atoms in total. The van der Waals surface area contributed by atoms with Crippen LogP contribution in [0.1, 0.15) is 47.8 Å². The standard InChI is InChI=1S/C27H23ClN4O4S/c1-2-20-18(26(35)36)12-16-10-14(6-9-21(16)30-20)11-23-25(34)32-27(37-23)31-22-13-17(7-8-19(22)28)29-24(33)15-4-3-5-15/h6-13,15H,2-5H2,1H3,(H,29,33)(H,35,36)(H,31,32,34)/b23-11-. The first kappa shape index (κ1) is 25.0. The summed E-state index contributed by atoms with van der Waals surface area (Å²) in [4.78, 5) is 45.9. The fraction of sp³-hybridized carbons (Fsp3) is 0.222. The van der Waals surface area contributed by atoms with Gasteiger partial charge in [0, 0.05) is 17.0 Å². The van der Waals surface area contributed by atoms with Crippen LogP contribution in [0.15, 0.2) is 52.4 Å². The second-order valence-electron chi connectivity index (χ2n) is 8.86. The van der Waals surface area contributed by atoms with E-state index >= 15 is 0 Å². The van der Waals surface area contributed by atoms with E-state index < -0.39 is 5.97 Å². The number of fused-ring (bicyclic) bond motifs is 1. The molecule has 1 saturated heterocycles. The zero-order valence-corrected chi connectivity index (χ0v) is 21.4. The summed E-state index contributed by atoms with van der Waals surface area (Å²) in [6.45, 7) is 1.86. The van der Waals surface area contributed by atoms with Crippen molar-refractivity contribution in [3.8, 4) is 0 Å². The van der Waals surface area contributed by atoms with Gasteiger partial charge in [-0.2, -0.15) is 0 Å². The first-order valence-corrected chi connectivity index (χ1v) is 13.1. The quantitative estimate of drug-likeness (QED) is 0.345. The van der Waals surface area contributed by atoms with E-state index in [0.717, 1.165) is 24.8 Å². The molecule has 2 fully saturated rings. The Hall–Kier alpha value is -3.69. The van der Waals surface area contributed by atoms with Crippen molar-refractivity contribution < 1.29 is 19.5 Å². The number of carbonyl (C=O) groups is 3. The minimum Gasteiger partial charge on any atom is -0.478 e. The number of nitrogens with zero attached hydrogens (tertiary/aromatic N) is 2. The van der Waals surface area contributed by atoms with Crippen molar-refractivity contribution in [2.45, 2.75) is 32.6 Å². The van der Waals surface area contributed by atoms with Gasteiger partial charge < -0.3 is 15.7 Å². The van der Waals surface area contributed by atoms with Crippen molar-refractivity contribution in [1.29, 1.82) is 0 Å². The fourth-order valence-electron chi connectivity index (χ4n) is 4.11. The van der Waals surface area contributed by atoms with Gasteiger partial charge >= 0.3 is 5.97 Å². The second kappa shape index (κ2) is 10.4. The summed E-state index contributed by atoms with van der Waals surface area (Å²) in [5.41, 5.74) is 3.15. The van der Waals surface area contributed by atoms with Gasteiger partial charge in [0.2, 0.25) is 5.91 Å². The van der Waals surface area contributed by atoms with Crippen molar-refractivity contribution in [3.63, 3.8) is 0 Å². The Bertz CT molecular complexity index is 1510. The van der Waals surface area contributed by atoms with Crippen molar-refractivity contribution >= 4 is 74.7 Å². The summed E-state index contributed by atoms with van der Waals surface area (Å²) in [5, 5.41) is 16.6. The average Bonchev–Trinajstić information content (AvgIpc) is 3.17. The van der Waals surface area contributed by atoms with Gasteiger partial charge in [-0.1, -0.05) is 31.0 Å². The number of hydrogen-bond acceptors (Lipinski definition) is 6. The molecule has 3 aromatic rings. The minimum atomic E-state index is -1.02. The van der Waals surface area contributed by atoms with Crippen LogP contribution in [0.2, 0.25) is 5.02 Å². The number of hydrogen-bond donors (Lipinski definition) is 3. The van der Waals surface area contributed by atoms with Crippen LogP contribution < -0.4 is 10.6 Å². The second-order valence-corrected chi connectivity index (χ2v) is 10.3. The number of benzene rings is 2. The number of halogens is 1. The van der Waals surface area contributed by atoms with E-state index in [1.54, 1.807) is 36.4 Å². The predicted molar refractivity (Wildman–Crippen MR) is 146 cm³/mol. The Kier molecular flexibility index (Phi) is 6.99. The highest BCUT2D eigenvalue weighted by Crippen LogP contribution is 2.34. The molecule has 5 rings (SSSR count). The molecule has 0 spiro atoms. The molecule has 0 radical (unpaired) electrons. The Morgan fingerprint density at radius 2 is 2.05 bits per heavy atom. The van der Waals surface area contributed by atoms with Crippen LogP contribution >= 0.6 is 23.4 Å². The Balaban J connectivity index is 1.38. The molecule has 10 heteroatoms. The number of rotatable bonds is 6. The maximum Gasteiger partial charge on any atom is 0.337 e. The minimum absolute atomic E-state index is 0.00656. The molecule has 2 heterocycles. The first-order valence-electron chi connectivity index (χ1n) is 11.9. The number of amidine groups is 1. The third kappa shape index (κ3) is 5.38. The fourth-order valence-corrected chi connectivity index (χ4v) is 5.11. The zero-order chi connectivity index (χ0) is 26.1. The van der Waals surface area contributed by atoms with Crippen LogP contribution in [0.5, 0.6) is 0 Å². The summed E-state index contributed by atoms with van der Waals surface area (Å²) in [6.07, 6.45) is 5.11. The van der Waals surface area contributed by atoms with E-state index in [1.807, 2.05) is 19.1 Å². The number of anilines is 1. The summed E-state index contributed by atoms with van der Waals surface area (Å²) in [6, 6.07) is 12.1. The van der Waals surface area contributed by atoms with Crippen LogP contribution in [-0.4, -0.2) is 33.0 Å². The van der Waals surface area contributed by atoms with E-state index in [4.69, 9.17) is 11.6 Å². The third-order valence-corrected chi connectivity index (χ3v) is 7.57. The molecular weight excluding hydrogens is 512 g/mol. The van der Waals surface area contributed by atoms with E-state index in [1.165, 1.54) is 11.8 Å². The number of carboxylic acids is 1. The lowest BCUT2D eigenvalue weighted by Crippen LogP contribution is -2.27. The van der Waals surface area contributed by atoms with E-state index in [2.05, 4.69) is 20.6 Å². The van der Waals surface area contributed by atoms with Crippen LogP contribution in [0.3, 0.4) is 0 Å². The summed E-state index contributed by atoms with van der Waals surface area (Å²) in [7, 11) is 0. The molecule has 2 aliphatic rings. The smallest absolute Gasteiger partial charge is 0.337 e. The number of pyridine rings is 1. The largest absolute Gasteiger partial charge is 0.478 e. The summed E-state index contributed by atoms with van der Waals surface area (Å²) in [5.74, 6) is -1.28. The zero-order valence-electron chi connectivity index (χ0n) is 19.9. The normalized spacial score (nSPS) is 17.7. The molecule has 0 unspecified atom stereocenters. The predicted octanol–water partition coefficient (Wildman–Crippen LogP) is 5.78. The third-order valence-electron chi connectivity index (χ3n) is 6.34. The molecule has 2 aromatic carbocycles. The van der Waals surface area contributed by atoms with Gasteiger partial charge in [-0.15, -0.1) is 0 Å². The van der Waals surface area contributed by atoms with Gasteiger partial charge in [0.05, 0.1) is 32.4 Å². The number of carboxylic acid groups (broad SMARTS) is 1. The van der Waals surface area contributed by atoms with Crippen molar-refractivity contribution in [2.75, 3.05) is 5.32 Å². The lowest BCUT2D eigenvalue weighted by Gasteiger charge is -2.24. The van der Waals surface area contributed by atoms with Gasteiger partial charge in [-0.25, -0.2) is 9.79 Å². The Labute approximate surface area is 222 Å². The summed E-state index contributed by atoms with van der Waals surface area (Å²) < 4.78 is 0. The molecule has 1 saturated carbocycles. The van der Waals surface area contributed by atoms with Crippen LogP contribution in [0.25, 0.3) is 17.0 Å². The van der Waals surface area contributed by atoms with Crippen LogP contribution in [0.4, 0.5) is 11.4 Å². The highest BCUT2D eigenvalue weighted by atomic mass is 35.5. The van der Waals surface area contributed by atoms with Crippen LogP contribution in [-0.2, 0) is 16.0 Å². The number of aliphatic imine (C=N–C) groups is 1. The molecule has 1 aliphatic carbocycles. The number of aromatic nitrogens is 1. The molecule has 0 bridgehead atoms. The monoisotopic (exact) mass is 534 g/mol. The van der Waals surface area contributed by atoms with E-state index in [9.17, 15) is 19.5 Å². The van der Waals surface area contributed by atoms with Crippen molar-refractivity contribution in [2.24, 2.45) is 10.9 Å². The molecule has 1 aliphatic heterocycles. The van der Waals surface area contributed by atoms with Gasteiger partial charge in [0.25, 0.3) is 5.91 Å². The van der Waals surface area contributed by atoms with E-state index in [0.29, 0.717) is 49.5 Å². The molecule has 188 valence electrons. The number of aromatic carboxylic acids is 1. The maximum absolute atomic E-state index is 12.6. The van der Waals surface area contributed by atoms with E-state index in [-0.39, 0.29) is 23.3 Å². The van der Waals surface area contributed by atoms with Gasteiger partial charge in [0.15, 0.2) is 5.17 Å². The van der Waals surface area contributed by atoms with Gasteiger partial charge in [-0.05, 0) is 79.1 Å². The number of amides is 2. The number of carbonyl (C=O) groups excluding carboxylic acids is 2. The average molecular weight is 535 g/mol. The Morgan fingerprint density at radius 3 is 2.76 bits per heavy atom. The lowest BCUT2D eigenvalue weighted by atomic mass is 9.85. The first-order chi connectivity index (χ1) is 17.8. The molecular formula is C27H23ClN4O4S.